The van der Waals surface area contributed by atoms with Gasteiger partial charge in [-0.1, -0.05) is 6.92 Å². The minimum atomic E-state index is -0.398. The second kappa shape index (κ2) is 6.62. The number of hydrogen-bond acceptors (Lipinski definition) is 5. The Hall–Kier alpha value is -1.92. The number of hydrogen-bond donors (Lipinski definition) is 2. The van der Waals surface area contributed by atoms with Gasteiger partial charge in [0, 0.05) is 13.0 Å². The van der Waals surface area contributed by atoms with Gasteiger partial charge in [0.1, 0.15) is 5.82 Å². The standard InChI is InChI=1S/C10H16N4O3/c1-3-7-12-9(14-13-7)10(16)11-6-5-8(15)17-4-2/h3-6H2,1-2H3,(H,11,16)(H,12,13,14). The largest absolute Gasteiger partial charge is 0.466 e. The quantitative estimate of drug-likeness (QED) is 0.685. The normalized spacial score (nSPS) is 10.0. The molecule has 0 saturated carbocycles. The number of rotatable bonds is 6. The van der Waals surface area contributed by atoms with Crippen molar-refractivity contribution in [3.63, 3.8) is 0 Å². The molecule has 0 aliphatic rings. The lowest BCUT2D eigenvalue weighted by atomic mass is 10.4. The van der Waals surface area contributed by atoms with Gasteiger partial charge in [-0.2, -0.15) is 0 Å². The van der Waals surface area contributed by atoms with Crippen molar-refractivity contribution in [2.45, 2.75) is 26.7 Å². The van der Waals surface area contributed by atoms with Crippen LogP contribution in [0, 0.1) is 0 Å². The highest BCUT2D eigenvalue weighted by molar-refractivity contribution is 5.90. The molecule has 2 N–H and O–H groups in total. The Balaban J connectivity index is 2.32. The Morgan fingerprint density at radius 1 is 1.41 bits per heavy atom. The van der Waals surface area contributed by atoms with Crippen LogP contribution in [0.4, 0.5) is 0 Å². The Morgan fingerprint density at radius 3 is 2.76 bits per heavy atom. The van der Waals surface area contributed by atoms with Crippen LogP contribution in [0.1, 0.15) is 36.7 Å². The molecule has 94 valence electrons. The van der Waals surface area contributed by atoms with Gasteiger partial charge in [0.05, 0.1) is 13.0 Å². The van der Waals surface area contributed by atoms with Gasteiger partial charge in [0.25, 0.3) is 5.91 Å². The molecule has 7 heteroatoms. The summed E-state index contributed by atoms with van der Waals surface area (Å²) < 4.78 is 4.72. The number of carbonyl (C=O) groups is 2. The van der Waals surface area contributed by atoms with Crippen LogP contribution in [0.25, 0.3) is 0 Å². The van der Waals surface area contributed by atoms with Crippen molar-refractivity contribution in [2.24, 2.45) is 0 Å². The van der Waals surface area contributed by atoms with Gasteiger partial charge in [0.15, 0.2) is 0 Å². The van der Waals surface area contributed by atoms with Crippen LogP contribution >= 0.6 is 0 Å². The lowest BCUT2D eigenvalue weighted by Crippen LogP contribution is -2.27. The van der Waals surface area contributed by atoms with Gasteiger partial charge in [-0.3, -0.25) is 14.7 Å². The Bertz CT molecular complexity index is 389. The van der Waals surface area contributed by atoms with Crippen LogP contribution < -0.4 is 5.32 Å². The highest BCUT2D eigenvalue weighted by Gasteiger charge is 2.11. The predicted octanol–water partition coefficient (Wildman–Crippen LogP) is 0.0501. The molecule has 1 aromatic heterocycles. The Kier molecular flexibility index (Phi) is 5.12. The molecule has 7 nitrogen and oxygen atoms in total. The fraction of sp³-hybridized carbons (Fsp3) is 0.600. The number of carbonyl (C=O) groups excluding carboxylic acids is 2. The molecular weight excluding hydrogens is 224 g/mol. The summed E-state index contributed by atoms with van der Waals surface area (Å²) in [6.07, 6.45) is 0.827. The van der Waals surface area contributed by atoms with E-state index in [1.807, 2.05) is 6.92 Å². The van der Waals surface area contributed by atoms with Crippen molar-refractivity contribution in [1.29, 1.82) is 0 Å². The topological polar surface area (TPSA) is 97.0 Å². The van der Waals surface area contributed by atoms with Gasteiger partial charge < -0.3 is 10.1 Å². The fourth-order valence-electron chi connectivity index (χ4n) is 1.15. The van der Waals surface area contributed by atoms with Crippen molar-refractivity contribution in [1.82, 2.24) is 20.5 Å². The number of aromatic nitrogens is 3. The zero-order chi connectivity index (χ0) is 12.7. The van der Waals surface area contributed by atoms with E-state index < -0.39 is 5.91 Å². The highest BCUT2D eigenvalue weighted by Crippen LogP contribution is 1.93. The van der Waals surface area contributed by atoms with Crippen molar-refractivity contribution in [2.75, 3.05) is 13.2 Å². The molecular formula is C10H16N4O3. The minimum Gasteiger partial charge on any atom is -0.466 e. The monoisotopic (exact) mass is 240 g/mol. The average Bonchev–Trinajstić information content (AvgIpc) is 2.77. The molecule has 1 rings (SSSR count). The number of nitrogens with zero attached hydrogens (tertiary/aromatic N) is 2. The van der Waals surface area contributed by atoms with E-state index in [0.29, 0.717) is 18.9 Å². The summed E-state index contributed by atoms with van der Waals surface area (Å²) in [5.41, 5.74) is 0. The van der Waals surface area contributed by atoms with Gasteiger partial charge in [0.2, 0.25) is 5.82 Å². The van der Waals surface area contributed by atoms with Gasteiger partial charge in [-0.25, -0.2) is 4.98 Å². The minimum absolute atomic E-state index is 0.0886. The Labute approximate surface area is 99.0 Å². The summed E-state index contributed by atoms with van der Waals surface area (Å²) >= 11 is 0. The molecule has 0 fully saturated rings. The maximum atomic E-state index is 11.5. The molecule has 0 saturated heterocycles. The molecule has 0 atom stereocenters. The number of nitrogens with one attached hydrogen (secondary N) is 2. The zero-order valence-electron chi connectivity index (χ0n) is 9.95. The van der Waals surface area contributed by atoms with E-state index in [9.17, 15) is 9.59 Å². The number of amides is 1. The van der Waals surface area contributed by atoms with Crippen molar-refractivity contribution in [3.8, 4) is 0 Å². The van der Waals surface area contributed by atoms with E-state index in [0.717, 1.165) is 0 Å². The summed E-state index contributed by atoms with van der Waals surface area (Å²) in [5.74, 6) is 0.00790. The third kappa shape index (κ3) is 4.21. The lowest BCUT2D eigenvalue weighted by Gasteiger charge is -2.02. The lowest BCUT2D eigenvalue weighted by molar-refractivity contribution is -0.142. The number of esters is 1. The molecule has 0 bridgehead atoms. The van der Waals surface area contributed by atoms with Crippen LogP contribution in [-0.4, -0.2) is 40.2 Å². The molecule has 17 heavy (non-hydrogen) atoms. The van der Waals surface area contributed by atoms with Crippen molar-refractivity contribution >= 4 is 11.9 Å². The molecule has 0 spiro atoms. The third-order valence-electron chi connectivity index (χ3n) is 1.99. The molecule has 0 aliphatic carbocycles. The molecule has 0 unspecified atom stereocenters. The summed E-state index contributed by atoms with van der Waals surface area (Å²) in [6, 6.07) is 0. The number of aromatic amines is 1. The van der Waals surface area contributed by atoms with Crippen molar-refractivity contribution < 1.29 is 14.3 Å². The Morgan fingerprint density at radius 2 is 2.18 bits per heavy atom. The SMILES string of the molecule is CCOC(=O)CCNC(=O)c1n[nH]c(CC)n1. The molecule has 1 heterocycles. The van der Waals surface area contributed by atoms with Crippen molar-refractivity contribution in [3.05, 3.63) is 11.6 Å². The van der Waals surface area contributed by atoms with E-state index in [-0.39, 0.29) is 24.8 Å². The first-order chi connectivity index (χ1) is 8.17. The summed E-state index contributed by atoms with van der Waals surface area (Å²) in [4.78, 5) is 26.5. The first kappa shape index (κ1) is 13.1. The second-order valence-electron chi connectivity index (χ2n) is 3.27. The molecule has 1 amide bonds. The number of H-pyrrole nitrogens is 1. The van der Waals surface area contributed by atoms with Gasteiger partial charge in [-0.15, -0.1) is 5.10 Å². The molecule has 1 aromatic rings. The van der Waals surface area contributed by atoms with Crippen LogP contribution in [0.5, 0.6) is 0 Å². The highest BCUT2D eigenvalue weighted by atomic mass is 16.5. The smallest absolute Gasteiger partial charge is 0.307 e. The van der Waals surface area contributed by atoms with E-state index in [2.05, 4.69) is 20.5 Å². The van der Waals surface area contributed by atoms with E-state index in [1.54, 1.807) is 6.92 Å². The summed E-state index contributed by atoms with van der Waals surface area (Å²) in [6.45, 7) is 4.20. The van der Waals surface area contributed by atoms with Crippen LogP contribution in [0.3, 0.4) is 0 Å². The molecule has 0 aromatic carbocycles. The maximum absolute atomic E-state index is 11.5. The first-order valence-corrected chi connectivity index (χ1v) is 5.52. The van der Waals surface area contributed by atoms with Gasteiger partial charge in [-0.05, 0) is 6.92 Å². The predicted molar refractivity (Wildman–Crippen MR) is 59.3 cm³/mol. The third-order valence-corrected chi connectivity index (χ3v) is 1.99. The first-order valence-electron chi connectivity index (χ1n) is 5.52. The summed E-state index contributed by atoms with van der Waals surface area (Å²) in [5, 5.41) is 8.94. The number of ether oxygens (including phenoxy) is 1. The summed E-state index contributed by atoms with van der Waals surface area (Å²) in [7, 11) is 0. The fourth-order valence-corrected chi connectivity index (χ4v) is 1.15. The average molecular weight is 240 g/mol. The maximum Gasteiger partial charge on any atom is 0.307 e. The number of aryl methyl sites for hydroxylation is 1. The second-order valence-corrected chi connectivity index (χ2v) is 3.27. The molecule has 0 aliphatic heterocycles. The van der Waals surface area contributed by atoms with E-state index >= 15 is 0 Å². The van der Waals surface area contributed by atoms with Crippen LogP contribution in [-0.2, 0) is 16.0 Å². The molecule has 0 radical (unpaired) electrons. The van der Waals surface area contributed by atoms with E-state index in [4.69, 9.17) is 4.74 Å². The van der Waals surface area contributed by atoms with Crippen LogP contribution in [0.2, 0.25) is 0 Å². The van der Waals surface area contributed by atoms with Crippen LogP contribution in [0.15, 0.2) is 0 Å². The zero-order valence-corrected chi connectivity index (χ0v) is 9.95. The van der Waals surface area contributed by atoms with E-state index in [1.165, 1.54) is 0 Å². The van der Waals surface area contributed by atoms with Gasteiger partial charge >= 0.3 is 5.97 Å².